The van der Waals surface area contributed by atoms with Crippen LogP contribution in [-0.4, -0.2) is 18.5 Å². The molecule has 1 nitrogen and oxygen atoms in total. The van der Waals surface area contributed by atoms with Crippen LogP contribution in [0.5, 0.6) is 0 Å². The van der Waals surface area contributed by atoms with E-state index in [1.54, 1.807) is 0 Å². The van der Waals surface area contributed by atoms with Crippen LogP contribution in [0.4, 0.5) is 0 Å². The maximum absolute atomic E-state index is 3.75. The molecule has 0 fully saturated rings. The largest absolute Gasteiger partial charge is 0.370 e. The number of nitrogens with zero attached hydrogens (tertiary/aromatic N) is 1. The molecule has 0 spiro atoms. The van der Waals surface area contributed by atoms with Crippen molar-refractivity contribution in [1.29, 1.82) is 0 Å². The van der Waals surface area contributed by atoms with Gasteiger partial charge in [0.05, 0.1) is 0 Å². The van der Waals surface area contributed by atoms with Crippen LogP contribution in [0, 0.1) is 0 Å². The number of hydrogen-bond acceptors (Lipinski definition) is 1. The molecule has 15 heavy (non-hydrogen) atoms. The van der Waals surface area contributed by atoms with Crippen molar-refractivity contribution in [3.63, 3.8) is 0 Å². The Morgan fingerprint density at radius 1 is 1.47 bits per heavy atom. The molecule has 1 aliphatic rings. The van der Waals surface area contributed by atoms with Crippen LogP contribution < -0.4 is 0 Å². The van der Waals surface area contributed by atoms with Gasteiger partial charge in [-0.25, -0.2) is 0 Å². The van der Waals surface area contributed by atoms with Gasteiger partial charge in [0.25, 0.3) is 0 Å². The Hall–Kier alpha value is -1.50. The molecule has 80 valence electrons. The van der Waals surface area contributed by atoms with Gasteiger partial charge in [0, 0.05) is 19.3 Å². The highest BCUT2D eigenvalue weighted by Gasteiger charge is 2.10. The van der Waals surface area contributed by atoms with Crippen molar-refractivity contribution in [2.75, 3.05) is 13.6 Å². The third-order valence-electron chi connectivity index (χ3n) is 2.36. The Morgan fingerprint density at radius 2 is 2.20 bits per heavy atom. The van der Waals surface area contributed by atoms with E-state index < -0.39 is 0 Å². The van der Waals surface area contributed by atoms with E-state index >= 15 is 0 Å². The van der Waals surface area contributed by atoms with Crippen LogP contribution in [0.2, 0.25) is 0 Å². The summed E-state index contributed by atoms with van der Waals surface area (Å²) in [5.41, 5.74) is 3.84. The quantitative estimate of drug-likeness (QED) is 0.632. The van der Waals surface area contributed by atoms with Gasteiger partial charge in [0.15, 0.2) is 0 Å². The fourth-order valence-corrected chi connectivity index (χ4v) is 1.71. The van der Waals surface area contributed by atoms with Crippen molar-refractivity contribution in [3.05, 3.63) is 59.9 Å². The molecule has 0 saturated heterocycles. The topological polar surface area (TPSA) is 3.24 Å². The molecule has 1 aliphatic heterocycles. The SMILES string of the molecule is C=C/C=C(\C=C/C)C1=CC=C(C)CN1C. The average molecular weight is 201 g/mol. The summed E-state index contributed by atoms with van der Waals surface area (Å²) in [6.45, 7) is 8.92. The van der Waals surface area contributed by atoms with Crippen LogP contribution in [-0.2, 0) is 0 Å². The summed E-state index contributed by atoms with van der Waals surface area (Å²) >= 11 is 0. The number of hydrogen-bond donors (Lipinski definition) is 0. The fourth-order valence-electron chi connectivity index (χ4n) is 1.71. The predicted molar refractivity (Wildman–Crippen MR) is 67.6 cm³/mol. The molecular weight excluding hydrogens is 182 g/mol. The normalized spacial score (nSPS) is 17.8. The molecule has 0 atom stereocenters. The lowest BCUT2D eigenvalue weighted by Crippen LogP contribution is -2.23. The summed E-state index contributed by atoms with van der Waals surface area (Å²) in [5, 5.41) is 0. The molecule has 0 unspecified atom stereocenters. The zero-order chi connectivity index (χ0) is 11.3. The van der Waals surface area contributed by atoms with Gasteiger partial charge in [0.2, 0.25) is 0 Å². The first kappa shape index (κ1) is 11.6. The Labute approximate surface area is 92.8 Å². The Bertz CT molecular complexity index is 354. The van der Waals surface area contributed by atoms with E-state index in [9.17, 15) is 0 Å². The first-order chi connectivity index (χ1) is 7.19. The maximum Gasteiger partial charge on any atom is 0.0440 e. The molecule has 0 bridgehead atoms. The Kier molecular flexibility index (Phi) is 4.17. The molecule has 0 aromatic rings. The minimum Gasteiger partial charge on any atom is -0.370 e. The predicted octanol–water partition coefficient (Wildman–Crippen LogP) is 3.45. The van der Waals surface area contributed by atoms with Crippen LogP contribution in [0.1, 0.15) is 13.8 Å². The summed E-state index contributed by atoms with van der Waals surface area (Å²) < 4.78 is 0. The second-order valence-electron chi connectivity index (χ2n) is 3.78. The van der Waals surface area contributed by atoms with Gasteiger partial charge in [0.1, 0.15) is 0 Å². The number of rotatable bonds is 3. The second-order valence-corrected chi connectivity index (χ2v) is 3.78. The molecule has 0 radical (unpaired) electrons. The van der Waals surface area contributed by atoms with Gasteiger partial charge in [-0.1, -0.05) is 42.5 Å². The zero-order valence-electron chi connectivity index (χ0n) is 9.83. The molecular formula is C14H19N. The summed E-state index contributed by atoms with van der Waals surface area (Å²) in [4.78, 5) is 2.25. The fraction of sp³-hybridized carbons (Fsp3) is 0.286. The number of allylic oxidation sites excluding steroid dienone is 6. The van der Waals surface area contributed by atoms with Gasteiger partial charge in [-0.05, 0) is 25.5 Å². The van der Waals surface area contributed by atoms with E-state index in [4.69, 9.17) is 0 Å². The lowest BCUT2D eigenvalue weighted by atomic mass is 10.1. The van der Waals surface area contributed by atoms with Crippen LogP contribution in [0.15, 0.2) is 59.9 Å². The van der Waals surface area contributed by atoms with Gasteiger partial charge in [-0.2, -0.15) is 0 Å². The highest BCUT2D eigenvalue weighted by atomic mass is 15.1. The van der Waals surface area contributed by atoms with Gasteiger partial charge >= 0.3 is 0 Å². The minimum absolute atomic E-state index is 0.998. The molecule has 0 aliphatic carbocycles. The Balaban J connectivity index is 3.03. The highest BCUT2D eigenvalue weighted by molar-refractivity contribution is 5.44. The van der Waals surface area contributed by atoms with Gasteiger partial charge in [-0.3, -0.25) is 0 Å². The summed E-state index contributed by atoms with van der Waals surface area (Å²) in [6.07, 6.45) is 12.4. The van der Waals surface area contributed by atoms with E-state index in [0.29, 0.717) is 0 Å². The van der Waals surface area contributed by atoms with Crippen molar-refractivity contribution in [1.82, 2.24) is 4.90 Å². The van der Waals surface area contributed by atoms with Crippen molar-refractivity contribution in [2.24, 2.45) is 0 Å². The lowest BCUT2D eigenvalue weighted by molar-refractivity contribution is 0.457. The standard InChI is InChI=1S/C14H19N/c1-5-7-13(8-6-2)14-10-9-12(3)11-15(14)4/h5-10H,1,11H2,2-4H3/b8-6-,13-7+. The lowest BCUT2D eigenvalue weighted by Gasteiger charge is -2.26. The molecule has 0 aromatic carbocycles. The monoisotopic (exact) mass is 201 g/mol. The van der Waals surface area contributed by atoms with E-state index in [1.165, 1.54) is 16.8 Å². The average Bonchev–Trinajstić information content (AvgIpc) is 2.17. The van der Waals surface area contributed by atoms with Crippen molar-refractivity contribution >= 4 is 0 Å². The summed E-state index contributed by atoms with van der Waals surface area (Å²) in [7, 11) is 2.11. The number of likely N-dealkylation sites (N-methyl/N-ethyl adjacent to an activating group) is 1. The van der Waals surface area contributed by atoms with E-state index in [0.717, 1.165) is 6.54 Å². The first-order valence-corrected chi connectivity index (χ1v) is 5.23. The van der Waals surface area contributed by atoms with E-state index in [2.05, 4.69) is 49.8 Å². The zero-order valence-corrected chi connectivity index (χ0v) is 9.83. The Morgan fingerprint density at radius 3 is 2.73 bits per heavy atom. The minimum atomic E-state index is 0.998. The third kappa shape index (κ3) is 2.98. The highest BCUT2D eigenvalue weighted by Crippen LogP contribution is 2.20. The molecule has 1 heteroatoms. The summed E-state index contributed by atoms with van der Waals surface area (Å²) in [5.74, 6) is 0. The molecule has 0 saturated carbocycles. The smallest absolute Gasteiger partial charge is 0.0440 e. The molecule has 1 rings (SSSR count). The van der Waals surface area contributed by atoms with Gasteiger partial charge < -0.3 is 4.90 Å². The first-order valence-electron chi connectivity index (χ1n) is 5.23. The maximum atomic E-state index is 3.75. The van der Waals surface area contributed by atoms with Crippen molar-refractivity contribution < 1.29 is 0 Å². The van der Waals surface area contributed by atoms with E-state index in [1.807, 2.05) is 19.1 Å². The molecule has 0 amide bonds. The van der Waals surface area contributed by atoms with Crippen molar-refractivity contribution in [2.45, 2.75) is 13.8 Å². The third-order valence-corrected chi connectivity index (χ3v) is 2.36. The van der Waals surface area contributed by atoms with Crippen LogP contribution in [0.3, 0.4) is 0 Å². The molecule has 0 aromatic heterocycles. The van der Waals surface area contributed by atoms with Gasteiger partial charge in [-0.15, -0.1) is 0 Å². The summed E-state index contributed by atoms with van der Waals surface area (Å²) in [6, 6.07) is 0. The second kappa shape index (κ2) is 5.40. The van der Waals surface area contributed by atoms with Crippen LogP contribution >= 0.6 is 0 Å². The van der Waals surface area contributed by atoms with E-state index in [-0.39, 0.29) is 0 Å². The molecule has 0 N–H and O–H groups in total. The molecule has 1 heterocycles. The van der Waals surface area contributed by atoms with Crippen molar-refractivity contribution in [3.8, 4) is 0 Å². The van der Waals surface area contributed by atoms with Crippen LogP contribution in [0.25, 0.3) is 0 Å².